The van der Waals surface area contributed by atoms with Crippen LogP contribution in [0.2, 0.25) is 0 Å². The fourth-order valence-electron chi connectivity index (χ4n) is 0.916. The van der Waals surface area contributed by atoms with Gasteiger partial charge in [0.05, 0.1) is 0 Å². The van der Waals surface area contributed by atoms with Crippen LogP contribution in [0.25, 0.3) is 0 Å². The topological polar surface area (TPSA) is 29.1 Å². The van der Waals surface area contributed by atoms with Gasteiger partial charge >= 0.3 is 0 Å². The maximum atomic E-state index is 12.8. The Kier molecular flexibility index (Phi) is 3.96. The van der Waals surface area contributed by atoms with Crippen molar-refractivity contribution in [3.05, 3.63) is 46.5 Å². The van der Waals surface area contributed by atoms with Crippen LogP contribution in [0.3, 0.4) is 0 Å². The van der Waals surface area contributed by atoms with E-state index in [9.17, 15) is 13.6 Å². The molecular formula is C10H8BrF2NO. The first-order valence-corrected chi connectivity index (χ1v) is 4.86. The molecule has 0 heterocycles. The molecule has 0 aliphatic rings. The van der Waals surface area contributed by atoms with E-state index in [0.29, 0.717) is 4.48 Å². The zero-order chi connectivity index (χ0) is 11.4. The summed E-state index contributed by atoms with van der Waals surface area (Å²) in [6.07, 6.45) is 0. The third-order valence-corrected chi connectivity index (χ3v) is 1.90. The van der Waals surface area contributed by atoms with Gasteiger partial charge in [0.1, 0.15) is 0 Å². The number of nitrogens with one attached hydrogen (secondary N) is 1. The lowest BCUT2D eigenvalue weighted by molar-refractivity contribution is 0.0957. The number of hydrogen-bond acceptors (Lipinski definition) is 1. The molecule has 0 saturated heterocycles. The molecule has 0 aliphatic carbocycles. The zero-order valence-electron chi connectivity index (χ0n) is 7.69. The highest BCUT2D eigenvalue weighted by Gasteiger charge is 2.08. The Morgan fingerprint density at radius 3 is 2.60 bits per heavy atom. The van der Waals surface area contributed by atoms with Crippen LogP contribution < -0.4 is 5.32 Å². The van der Waals surface area contributed by atoms with Crippen molar-refractivity contribution < 1.29 is 13.6 Å². The van der Waals surface area contributed by atoms with Crippen LogP contribution in [0.5, 0.6) is 0 Å². The van der Waals surface area contributed by atoms with Gasteiger partial charge in [-0.2, -0.15) is 0 Å². The fraction of sp³-hybridized carbons (Fsp3) is 0.100. The SMILES string of the molecule is C=C(Br)CNC(=O)c1ccc(F)c(F)c1. The molecule has 5 heteroatoms. The summed E-state index contributed by atoms with van der Waals surface area (Å²) < 4.78 is 25.9. The van der Waals surface area contributed by atoms with Gasteiger partial charge in [-0.25, -0.2) is 8.78 Å². The Morgan fingerprint density at radius 2 is 2.07 bits per heavy atom. The summed E-state index contributed by atoms with van der Waals surface area (Å²) in [6.45, 7) is 3.75. The van der Waals surface area contributed by atoms with E-state index in [4.69, 9.17) is 0 Å². The molecule has 0 fully saturated rings. The van der Waals surface area contributed by atoms with Crippen molar-refractivity contribution in [2.75, 3.05) is 6.54 Å². The predicted molar refractivity (Wildman–Crippen MR) is 56.8 cm³/mol. The number of carbonyl (C=O) groups is 1. The third kappa shape index (κ3) is 3.43. The standard InChI is InChI=1S/C10H8BrF2NO/c1-6(11)5-14-10(15)7-2-3-8(12)9(13)4-7/h2-4H,1,5H2,(H,14,15). The maximum Gasteiger partial charge on any atom is 0.251 e. The largest absolute Gasteiger partial charge is 0.347 e. The van der Waals surface area contributed by atoms with Gasteiger partial charge in [0.15, 0.2) is 11.6 Å². The van der Waals surface area contributed by atoms with Gasteiger partial charge in [0.25, 0.3) is 5.91 Å². The van der Waals surface area contributed by atoms with Crippen LogP contribution in [-0.2, 0) is 0 Å². The van der Waals surface area contributed by atoms with Crippen LogP contribution in [-0.4, -0.2) is 12.5 Å². The summed E-state index contributed by atoms with van der Waals surface area (Å²) in [4.78, 5) is 11.4. The molecular weight excluding hydrogens is 268 g/mol. The minimum atomic E-state index is -1.04. The highest BCUT2D eigenvalue weighted by molar-refractivity contribution is 9.11. The van der Waals surface area contributed by atoms with Gasteiger partial charge in [-0.05, 0) is 18.2 Å². The third-order valence-electron chi connectivity index (χ3n) is 1.62. The number of amides is 1. The van der Waals surface area contributed by atoms with Crippen LogP contribution in [0.4, 0.5) is 8.78 Å². The van der Waals surface area contributed by atoms with E-state index in [-0.39, 0.29) is 12.1 Å². The highest BCUT2D eigenvalue weighted by Crippen LogP contribution is 2.08. The molecule has 0 radical (unpaired) electrons. The molecule has 80 valence electrons. The zero-order valence-corrected chi connectivity index (χ0v) is 9.27. The lowest BCUT2D eigenvalue weighted by atomic mass is 10.2. The van der Waals surface area contributed by atoms with Gasteiger partial charge in [0, 0.05) is 16.6 Å². The second-order valence-electron chi connectivity index (χ2n) is 2.83. The van der Waals surface area contributed by atoms with Crippen LogP contribution in [0, 0.1) is 11.6 Å². The molecule has 0 saturated carbocycles. The molecule has 0 atom stereocenters. The van der Waals surface area contributed by atoms with E-state index < -0.39 is 17.5 Å². The monoisotopic (exact) mass is 275 g/mol. The second-order valence-corrected chi connectivity index (χ2v) is 3.95. The molecule has 1 amide bonds. The summed E-state index contributed by atoms with van der Waals surface area (Å²) in [7, 11) is 0. The lowest BCUT2D eigenvalue weighted by Crippen LogP contribution is -2.24. The van der Waals surface area contributed by atoms with E-state index >= 15 is 0 Å². The van der Waals surface area contributed by atoms with Crippen molar-refractivity contribution >= 4 is 21.8 Å². The van der Waals surface area contributed by atoms with Crippen LogP contribution in [0.1, 0.15) is 10.4 Å². The van der Waals surface area contributed by atoms with E-state index in [1.807, 2.05) is 0 Å². The van der Waals surface area contributed by atoms with Gasteiger partial charge in [-0.1, -0.05) is 22.5 Å². The van der Waals surface area contributed by atoms with Gasteiger partial charge in [-0.3, -0.25) is 4.79 Å². The number of halogens is 3. The highest BCUT2D eigenvalue weighted by atomic mass is 79.9. The smallest absolute Gasteiger partial charge is 0.251 e. The van der Waals surface area contributed by atoms with Crippen molar-refractivity contribution in [2.24, 2.45) is 0 Å². The summed E-state index contributed by atoms with van der Waals surface area (Å²) in [5, 5.41) is 2.47. The van der Waals surface area contributed by atoms with Gasteiger partial charge in [-0.15, -0.1) is 0 Å². The molecule has 0 bridgehead atoms. The van der Waals surface area contributed by atoms with Gasteiger partial charge in [0.2, 0.25) is 0 Å². The molecule has 0 aromatic heterocycles. The van der Waals surface area contributed by atoms with Crippen LogP contribution in [0.15, 0.2) is 29.3 Å². The second kappa shape index (κ2) is 5.02. The van der Waals surface area contributed by atoms with E-state index in [1.165, 1.54) is 6.07 Å². The average molecular weight is 276 g/mol. The molecule has 1 rings (SSSR count). The Morgan fingerprint density at radius 1 is 1.40 bits per heavy atom. The molecule has 0 aliphatic heterocycles. The molecule has 0 spiro atoms. The minimum absolute atomic E-state index is 0.0719. The van der Waals surface area contributed by atoms with Crippen molar-refractivity contribution in [1.82, 2.24) is 5.32 Å². The summed E-state index contributed by atoms with van der Waals surface area (Å²) in [5.74, 6) is -2.49. The summed E-state index contributed by atoms with van der Waals surface area (Å²) >= 11 is 3.06. The van der Waals surface area contributed by atoms with E-state index in [1.54, 1.807) is 0 Å². The Labute approximate surface area is 94.1 Å². The van der Waals surface area contributed by atoms with Crippen molar-refractivity contribution in [3.63, 3.8) is 0 Å². The quantitative estimate of drug-likeness (QED) is 0.903. The maximum absolute atomic E-state index is 12.8. The molecule has 1 N–H and O–H groups in total. The first kappa shape index (κ1) is 11.8. The molecule has 2 nitrogen and oxygen atoms in total. The summed E-state index contributed by atoms with van der Waals surface area (Å²) in [5.41, 5.74) is 0.0719. The Bertz CT molecular complexity index is 406. The lowest BCUT2D eigenvalue weighted by Gasteiger charge is -2.04. The molecule has 1 aromatic carbocycles. The number of hydrogen-bond donors (Lipinski definition) is 1. The summed E-state index contributed by atoms with van der Waals surface area (Å²) in [6, 6.07) is 2.97. The van der Waals surface area contributed by atoms with Crippen molar-refractivity contribution in [1.29, 1.82) is 0 Å². The fourth-order valence-corrected chi connectivity index (χ4v) is 1.06. The Hall–Kier alpha value is -1.23. The van der Waals surface area contributed by atoms with Gasteiger partial charge < -0.3 is 5.32 Å². The average Bonchev–Trinajstić information content (AvgIpc) is 2.18. The number of rotatable bonds is 3. The van der Waals surface area contributed by atoms with Crippen LogP contribution >= 0.6 is 15.9 Å². The molecule has 15 heavy (non-hydrogen) atoms. The van der Waals surface area contributed by atoms with Crippen molar-refractivity contribution in [3.8, 4) is 0 Å². The predicted octanol–water partition coefficient (Wildman–Crippen LogP) is 2.60. The van der Waals surface area contributed by atoms with E-state index in [0.717, 1.165) is 12.1 Å². The first-order valence-electron chi connectivity index (χ1n) is 4.07. The normalized spacial score (nSPS) is 9.80. The van der Waals surface area contributed by atoms with Crippen molar-refractivity contribution in [2.45, 2.75) is 0 Å². The number of carbonyl (C=O) groups excluding carboxylic acids is 1. The van der Waals surface area contributed by atoms with E-state index in [2.05, 4.69) is 27.8 Å². The Balaban J connectivity index is 2.74. The molecule has 1 aromatic rings. The molecule has 0 unspecified atom stereocenters. The minimum Gasteiger partial charge on any atom is -0.347 e. The first-order chi connectivity index (χ1) is 7.00. The number of benzene rings is 1.